The highest BCUT2D eigenvalue weighted by atomic mass is 16.3. The van der Waals surface area contributed by atoms with Gasteiger partial charge in [0.2, 0.25) is 0 Å². The van der Waals surface area contributed by atoms with Crippen molar-refractivity contribution in [2.75, 3.05) is 6.54 Å². The van der Waals surface area contributed by atoms with E-state index in [0.717, 1.165) is 37.9 Å². The third-order valence-electron chi connectivity index (χ3n) is 2.86. The molecule has 1 aliphatic rings. The molecule has 1 fully saturated rings. The lowest BCUT2D eigenvalue weighted by Gasteiger charge is -2.22. The van der Waals surface area contributed by atoms with Crippen molar-refractivity contribution in [1.82, 2.24) is 15.5 Å². The minimum atomic E-state index is -0.458. The summed E-state index contributed by atoms with van der Waals surface area (Å²) in [5.41, 5.74) is 0.603. The first-order valence-electron chi connectivity index (χ1n) is 5.20. The number of nitrogens with zero attached hydrogens (tertiary/aromatic N) is 1. The van der Waals surface area contributed by atoms with Crippen molar-refractivity contribution in [3.63, 3.8) is 0 Å². The summed E-state index contributed by atoms with van der Waals surface area (Å²) in [6.45, 7) is 1.44. The molecule has 0 aromatic carbocycles. The summed E-state index contributed by atoms with van der Waals surface area (Å²) in [6, 6.07) is 1.94. The van der Waals surface area contributed by atoms with Gasteiger partial charge in [-0.15, -0.1) is 0 Å². The third-order valence-corrected chi connectivity index (χ3v) is 2.86. The Morgan fingerprint density at radius 1 is 1.50 bits per heavy atom. The van der Waals surface area contributed by atoms with E-state index < -0.39 is 5.60 Å². The van der Waals surface area contributed by atoms with Crippen molar-refractivity contribution in [1.29, 1.82) is 0 Å². The van der Waals surface area contributed by atoms with Crippen LogP contribution in [0.5, 0.6) is 0 Å². The molecule has 0 bridgehead atoms. The fraction of sp³-hybridized carbons (Fsp3) is 0.700. The Morgan fingerprint density at radius 3 is 2.93 bits per heavy atom. The maximum absolute atomic E-state index is 10.0. The Kier molecular flexibility index (Phi) is 2.84. The molecule has 2 rings (SSSR count). The van der Waals surface area contributed by atoms with Gasteiger partial charge in [-0.2, -0.15) is 5.10 Å². The van der Waals surface area contributed by atoms with E-state index >= 15 is 0 Å². The van der Waals surface area contributed by atoms with Crippen LogP contribution in [0, 0.1) is 0 Å². The van der Waals surface area contributed by atoms with E-state index in [9.17, 15) is 5.11 Å². The number of aromatic amines is 1. The second kappa shape index (κ2) is 4.11. The summed E-state index contributed by atoms with van der Waals surface area (Å²) in [6.07, 6.45) is 5.91. The number of rotatable bonds is 4. The molecule has 14 heavy (non-hydrogen) atoms. The normalized spacial score (nSPS) is 20.1. The Balaban J connectivity index is 1.72. The van der Waals surface area contributed by atoms with Gasteiger partial charge < -0.3 is 10.4 Å². The van der Waals surface area contributed by atoms with Gasteiger partial charge in [0.25, 0.3) is 0 Å². The van der Waals surface area contributed by atoms with E-state index in [0.29, 0.717) is 6.54 Å². The van der Waals surface area contributed by atoms with Gasteiger partial charge >= 0.3 is 0 Å². The summed E-state index contributed by atoms with van der Waals surface area (Å²) < 4.78 is 0. The van der Waals surface area contributed by atoms with Crippen molar-refractivity contribution >= 4 is 0 Å². The van der Waals surface area contributed by atoms with E-state index in [-0.39, 0.29) is 0 Å². The molecule has 0 saturated heterocycles. The lowest BCUT2D eigenvalue weighted by atomic mass is 10.0. The lowest BCUT2D eigenvalue weighted by molar-refractivity contribution is 0.0474. The minimum Gasteiger partial charge on any atom is -0.389 e. The van der Waals surface area contributed by atoms with Gasteiger partial charge in [-0.3, -0.25) is 5.10 Å². The zero-order valence-electron chi connectivity index (χ0n) is 8.29. The maximum atomic E-state index is 10.0. The molecule has 0 unspecified atom stereocenters. The predicted molar refractivity (Wildman–Crippen MR) is 53.7 cm³/mol. The van der Waals surface area contributed by atoms with Gasteiger partial charge in [0.05, 0.1) is 5.60 Å². The highest BCUT2D eigenvalue weighted by Crippen LogP contribution is 2.28. The van der Waals surface area contributed by atoms with Gasteiger partial charge in [-0.1, -0.05) is 12.8 Å². The van der Waals surface area contributed by atoms with Gasteiger partial charge in [0.15, 0.2) is 0 Å². The van der Waals surface area contributed by atoms with Gasteiger partial charge in [-0.05, 0) is 18.9 Å². The summed E-state index contributed by atoms with van der Waals surface area (Å²) in [4.78, 5) is 0. The molecular weight excluding hydrogens is 178 g/mol. The Bertz CT molecular complexity index is 265. The number of hydrogen-bond acceptors (Lipinski definition) is 3. The minimum absolute atomic E-state index is 0.458. The van der Waals surface area contributed by atoms with Crippen LogP contribution in [0.1, 0.15) is 31.4 Å². The van der Waals surface area contributed by atoms with E-state index in [1.165, 1.54) is 0 Å². The third kappa shape index (κ3) is 2.33. The molecule has 4 nitrogen and oxygen atoms in total. The first-order chi connectivity index (χ1) is 6.79. The molecule has 1 aromatic rings. The molecule has 78 valence electrons. The van der Waals surface area contributed by atoms with Crippen molar-refractivity contribution in [3.05, 3.63) is 18.0 Å². The van der Waals surface area contributed by atoms with Crippen LogP contribution in [0.4, 0.5) is 0 Å². The summed E-state index contributed by atoms with van der Waals surface area (Å²) >= 11 is 0. The monoisotopic (exact) mass is 195 g/mol. The number of nitrogens with one attached hydrogen (secondary N) is 2. The van der Waals surface area contributed by atoms with Crippen LogP contribution in [0.25, 0.3) is 0 Å². The molecule has 0 radical (unpaired) electrons. The maximum Gasteiger partial charge on any atom is 0.0771 e. The molecule has 1 aliphatic carbocycles. The summed E-state index contributed by atoms with van der Waals surface area (Å²) in [5.74, 6) is 0. The molecule has 4 heteroatoms. The molecule has 0 aliphatic heterocycles. The molecule has 1 aromatic heterocycles. The van der Waals surface area contributed by atoms with Crippen molar-refractivity contribution in [3.8, 4) is 0 Å². The Hall–Kier alpha value is -0.870. The summed E-state index contributed by atoms with van der Waals surface area (Å²) in [7, 11) is 0. The van der Waals surface area contributed by atoms with Crippen LogP contribution in [0.3, 0.4) is 0 Å². The fourth-order valence-electron chi connectivity index (χ4n) is 2.02. The Morgan fingerprint density at radius 2 is 2.29 bits per heavy atom. The first kappa shape index (κ1) is 9.68. The highest BCUT2D eigenvalue weighted by molar-refractivity contribution is 4.97. The smallest absolute Gasteiger partial charge is 0.0771 e. The number of H-pyrrole nitrogens is 1. The quantitative estimate of drug-likeness (QED) is 0.666. The number of hydrogen-bond donors (Lipinski definition) is 3. The van der Waals surface area contributed by atoms with Gasteiger partial charge in [-0.25, -0.2) is 0 Å². The van der Waals surface area contributed by atoms with Crippen LogP contribution in [-0.2, 0) is 6.54 Å². The molecular formula is C10H17N3O. The molecule has 0 amide bonds. The highest BCUT2D eigenvalue weighted by Gasteiger charge is 2.30. The molecule has 0 atom stereocenters. The molecule has 0 spiro atoms. The Labute approximate surface area is 83.7 Å². The SMILES string of the molecule is OC1(CNCc2ccn[nH]2)CCCC1. The summed E-state index contributed by atoms with van der Waals surface area (Å²) in [5, 5.41) is 20.0. The van der Waals surface area contributed by atoms with E-state index in [1.54, 1.807) is 6.20 Å². The topological polar surface area (TPSA) is 60.9 Å². The standard InChI is InChI=1S/C10H17N3O/c14-10(4-1-2-5-10)8-11-7-9-3-6-12-13-9/h3,6,11,14H,1-2,4-5,7-8H2,(H,12,13). The second-order valence-corrected chi connectivity index (χ2v) is 4.12. The first-order valence-corrected chi connectivity index (χ1v) is 5.20. The largest absolute Gasteiger partial charge is 0.389 e. The molecule has 3 N–H and O–H groups in total. The van der Waals surface area contributed by atoms with E-state index in [1.807, 2.05) is 6.07 Å². The average Bonchev–Trinajstić information content (AvgIpc) is 2.77. The fourth-order valence-corrected chi connectivity index (χ4v) is 2.02. The van der Waals surface area contributed by atoms with Crippen LogP contribution < -0.4 is 5.32 Å². The van der Waals surface area contributed by atoms with Crippen LogP contribution in [0.15, 0.2) is 12.3 Å². The second-order valence-electron chi connectivity index (χ2n) is 4.12. The average molecular weight is 195 g/mol. The van der Waals surface area contributed by atoms with Gasteiger partial charge in [0.1, 0.15) is 0 Å². The number of aliphatic hydroxyl groups is 1. The van der Waals surface area contributed by atoms with Crippen molar-refractivity contribution < 1.29 is 5.11 Å². The predicted octanol–water partition coefficient (Wildman–Crippen LogP) is 0.804. The van der Waals surface area contributed by atoms with Crippen LogP contribution in [0.2, 0.25) is 0 Å². The zero-order valence-corrected chi connectivity index (χ0v) is 8.29. The van der Waals surface area contributed by atoms with Crippen LogP contribution >= 0.6 is 0 Å². The van der Waals surface area contributed by atoms with Crippen molar-refractivity contribution in [2.24, 2.45) is 0 Å². The van der Waals surface area contributed by atoms with Crippen molar-refractivity contribution in [2.45, 2.75) is 37.8 Å². The number of aromatic nitrogens is 2. The van der Waals surface area contributed by atoms with Crippen LogP contribution in [-0.4, -0.2) is 27.4 Å². The zero-order chi connectivity index (χ0) is 9.86. The lowest BCUT2D eigenvalue weighted by Crippen LogP contribution is -2.37. The van der Waals surface area contributed by atoms with E-state index in [4.69, 9.17) is 0 Å². The van der Waals surface area contributed by atoms with E-state index in [2.05, 4.69) is 15.5 Å². The molecule has 1 heterocycles. The molecule has 1 saturated carbocycles. The van der Waals surface area contributed by atoms with Gasteiger partial charge in [0, 0.05) is 25.0 Å².